The maximum absolute atomic E-state index is 6.08. The van der Waals surface area contributed by atoms with Crippen LogP contribution < -0.4 is 5.73 Å². The summed E-state index contributed by atoms with van der Waals surface area (Å²) in [5.74, 6) is 2.04. The minimum Gasteiger partial charge on any atom is -0.327 e. The molecule has 0 aromatic carbocycles. The van der Waals surface area contributed by atoms with Crippen molar-refractivity contribution in [1.29, 1.82) is 0 Å². The SMILES string of the molecule is CCC(N)Cc1c(C)nn(C)c1-n1ccnc1C. The maximum atomic E-state index is 6.08. The van der Waals surface area contributed by atoms with Crippen molar-refractivity contribution in [2.75, 3.05) is 0 Å². The van der Waals surface area contributed by atoms with Gasteiger partial charge in [-0.1, -0.05) is 6.92 Å². The molecule has 0 amide bonds. The van der Waals surface area contributed by atoms with Crippen LogP contribution in [0.1, 0.15) is 30.4 Å². The van der Waals surface area contributed by atoms with Crippen LogP contribution in [0.5, 0.6) is 0 Å². The Morgan fingerprint density at radius 1 is 1.39 bits per heavy atom. The zero-order valence-electron chi connectivity index (χ0n) is 11.5. The van der Waals surface area contributed by atoms with Crippen LogP contribution in [0.2, 0.25) is 0 Å². The van der Waals surface area contributed by atoms with E-state index in [1.54, 1.807) is 6.20 Å². The third-order valence-corrected chi connectivity index (χ3v) is 3.36. The van der Waals surface area contributed by atoms with Crippen molar-refractivity contribution in [3.8, 4) is 5.82 Å². The minimum absolute atomic E-state index is 0.176. The highest BCUT2D eigenvalue weighted by atomic mass is 15.3. The van der Waals surface area contributed by atoms with E-state index in [4.69, 9.17) is 5.73 Å². The van der Waals surface area contributed by atoms with Gasteiger partial charge in [-0.3, -0.25) is 9.25 Å². The van der Waals surface area contributed by atoms with Gasteiger partial charge >= 0.3 is 0 Å². The van der Waals surface area contributed by atoms with E-state index in [0.717, 1.165) is 30.2 Å². The van der Waals surface area contributed by atoms with E-state index in [-0.39, 0.29) is 6.04 Å². The molecule has 2 aromatic rings. The minimum atomic E-state index is 0.176. The summed E-state index contributed by atoms with van der Waals surface area (Å²) in [5.41, 5.74) is 8.34. The van der Waals surface area contributed by atoms with Crippen molar-refractivity contribution in [2.45, 2.75) is 39.7 Å². The fourth-order valence-electron chi connectivity index (χ4n) is 2.24. The number of hydrogen-bond acceptors (Lipinski definition) is 3. The lowest BCUT2D eigenvalue weighted by atomic mass is 10.0. The second-order valence-electron chi connectivity index (χ2n) is 4.73. The molecule has 0 aliphatic rings. The molecule has 18 heavy (non-hydrogen) atoms. The predicted octanol–water partition coefficient (Wildman–Crippen LogP) is 1.50. The van der Waals surface area contributed by atoms with E-state index in [9.17, 15) is 0 Å². The number of nitrogens with zero attached hydrogens (tertiary/aromatic N) is 4. The molecule has 0 spiro atoms. The van der Waals surface area contributed by atoms with Gasteiger partial charge in [0, 0.05) is 31.0 Å². The quantitative estimate of drug-likeness (QED) is 0.890. The third kappa shape index (κ3) is 2.18. The Kier molecular flexibility index (Phi) is 3.52. The highest BCUT2D eigenvalue weighted by Gasteiger charge is 2.17. The molecule has 0 aliphatic carbocycles. The Hall–Kier alpha value is -1.62. The number of nitrogens with two attached hydrogens (primary N) is 1. The summed E-state index contributed by atoms with van der Waals surface area (Å²) in [5, 5.41) is 4.51. The van der Waals surface area contributed by atoms with Gasteiger partial charge in [-0.2, -0.15) is 5.10 Å². The third-order valence-electron chi connectivity index (χ3n) is 3.36. The van der Waals surface area contributed by atoms with E-state index in [1.165, 1.54) is 5.56 Å². The lowest BCUT2D eigenvalue weighted by molar-refractivity contribution is 0.640. The normalized spacial score (nSPS) is 12.9. The summed E-state index contributed by atoms with van der Waals surface area (Å²) in [7, 11) is 1.96. The Labute approximate surface area is 108 Å². The van der Waals surface area contributed by atoms with Crippen LogP contribution >= 0.6 is 0 Å². The smallest absolute Gasteiger partial charge is 0.139 e. The first kappa shape index (κ1) is 12.8. The van der Waals surface area contributed by atoms with E-state index >= 15 is 0 Å². The first-order valence-corrected chi connectivity index (χ1v) is 6.33. The first-order valence-electron chi connectivity index (χ1n) is 6.33. The molecule has 2 rings (SSSR count). The summed E-state index contributed by atoms with van der Waals surface area (Å²) in [4.78, 5) is 4.27. The maximum Gasteiger partial charge on any atom is 0.139 e. The number of rotatable bonds is 4. The molecule has 0 aliphatic heterocycles. The van der Waals surface area contributed by atoms with E-state index in [0.29, 0.717) is 0 Å². The molecule has 0 fully saturated rings. The van der Waals surface area contributed by atoms with Gasteiger partial charge < -0.3 is 5.73 Å². The molecule has 0 radical (unpaired) electrons. The molecule has 5 nitrogen and oxygen atoms in total. The largest absolute Gasteiger partial charge is 0.327 e. The molecule has 2 aromatic heterocycles. The molecular weight excluding hydrogens is 226 g/mol. The van der Waals surface area contributed by atoms with Crippen molar-refractivity contribution in [3.63, 3.8) is 0 Å². The highest BCUT2D eigenvalue weighted by molar-refractivity contribution is 5.39. The fourth-order valence-corrected chi connectivity index (χ4v) is 2.24. The van der Waals surface area contributed by atoms with Gasteiger partial charge in [0.05, 0.1) is 5.69 Å². The summed E-state index contributed by atoms with van der Waals surface area (Å²) in [6.45, 7) is 6.14. The lowest BCUT2D eigenvalue weighted by Crippen LogP contribution is -2.22. The summed E-state index contributed by atoms with van der Waals surface area (Å²) >= 11 is 0. The van der Waals surface area contributed by atoms with Gasteiger partial charge in [0.25, 0.3) is 0 Å². The molecule has 0 saturated carbocycles. The number of hydrogen-bond donors (Lipinski definition) is 1. The van der Waals surface area contributed by atoms with Crippen molar-refractivity contribution in [1.82, 2.24) is 19.3 Å². The van der Waals surface area contributed by atoms with Gasteiger partial charge in [-0.25, -0.2) is 4.98 Å². The molecule has 98 valence electrons. The van der Waals surface area contributed by atoms with E-state index < -0.39 is 0 Å². The standard InChI is InChI=1S/C13H21N5/c1-5-11(14)8-12-9(2)16-17(4)13(12)18-7-6-15-10(18)3/h6-7,11H,5,8,14H2,1-4H3. The molecular formula is C13H21N5. The second kappa shape index (κ2) is 4.94. The number of imidazole rings is 1. The van der Waals surface area contributed by atoms with Crippen LogP contribution in [-0.4, -0.2) is 25.4 Å². The Bertz CT molecular complexity index is 538. The Morgan fingerprint density at radius 2 is 2.11 bits per heavy atom. The van der Waals surface area contributed by atoms with Crippen LogP contribution in [0.25, 0.3) is 5.82 Å². The van der Waals surface area contributed by atoms with Crippen LogP contribution in [0.3, 0.4) is 0 Å². The van der Waals surface area contributed by atoms with Crippen LogP contribution in [0, 0.1) is 13.8 Å². The molecule has 0 saturated heterocycles. The van der Waals surface area contributed by atoms with Gasteiger partial charge in [0.1, 0.15) is 11.6 Å². The van der Waals surface area contributed by atoms with Crippen LogP contribution in [0.15, 0.2) is 12.4 Å². The zero-order chi connectivity index (χ0) is 13.3. The Balaban J connectivity index is 2.50. The van der Waals surface area contributed by atoms with Crippen molar-refractivity contribution < 1.29 is 0 Å². The van der Waals surface area contributed by atoms with Crippen LogP contribution in [0.4, 0.5) is 0 Å². The van der Waals surface area contributed by atoms with Crippen LogP contribution in [-0.2, 0) is 13.5 Å². The zero-order valence-corrected chi connectivity index (χ0v) is 11.5. The molecule has 2 N–H and O–H groups in total. The van der Waals surface area contributed by atoms with Crippen molar-refractivity contribution in [3.05, 3.63) is 29.5 Å². The Morgan fingerprint density at radius 3 is 2.67 bits per heavy atom. The topological polar surface area (TPSA) is 61.7 Å². The van der Waals surface area contributed by atoms with Gasteiger partial charge in [-0.15, -0.1) is 0 Å². The predicted molar refractivity (Wildman–Crippen MR) is 71.8 cm³/mol. The number of aryl methyl sites for hydroxylation is 3. The van der Waals surface area contributed by atoms with Crippen molar-refractivity contribution >= 4 is 0 Å². The molecule has 2 heterocycles. The van der Waals surface area contributed by atoms with Gasteiger partial charge in [-0.05, 0) is 26.7 Å². The van der Waals surface area contributed by atoms with E-state index in [2.05, 4.69) is 21.6 Å². The molecule has 1 unspecified atom stereocenters. The summed E-state index contributed by atoms with van der Waals surface area (Å²) in [6.07, 6.45) is 5.59. The highest BCUT2D eigenvalue weighted by Crippen LogP contribution is 2.21. The monoisotopic (exact) mass is 247 g/mol. The van der Waals surface area contributed by atoms with Crippen molar-refractivity contribution in [2.24, 2.45) is 12.8 Å². The second-order valence-corrected chi connectivity index (χ2v) is 4.73. The average Bonchev–Trinajstić information content (AvgIpc) is 2.84. The first-order chi connectivity index (χ1) is 8.54. The van der Waals surface area contributed by atoms with Gasteiger partial charge in [0.15, 0.2) is 0 Å². The molecule has 0 bridgehead atoms. The summed E-state index contributed by atoms with van der Waals surface area (Å²) in [6, 6.07) is 0.176. The molecule has 1 atom stereocenters. The average molecular weight is 247 g/mol. The fraction of sp³-hybridized carbons (Fsp3) is 0.538. The molecule has 5 heteroatoms. The lowest BCUT2D eigenvalue weighted by Gasteiger charge is -2.12. The summed E-state index contributed by atoms with van der Waals surface area (Å²) < 4.78 is 3.97. The van der Waals surface area contributed by atoms with E-state index in [1.807, 2.05) is 31.8 Å². The van der Waals surface area contributed by atoms with Gasteiger partial charge in [0.2, 0.25) is 0 Å². The number of aromatic nitrogens is 4.